The molecule has 0 radical (unpaired) electrons. The second-order valence-corrected chi connectivity index (χ2v) is 3.78. The summed E-state index contributed by atoms with van der Waals surface area (Å²) in [5.41, 5.74) is 17.4. The van der Waals surface area contributed by atoms with Gasteiger partial charge in [-0.15, -0.1) is 0 Å². The second kappa shape index (κ2) is 5.86. The Bertz CT molecular complexity index is 404. The minimum Gasteiger partial charge on any atom is -0.398 e. The number of anilines is 1. The van der Waals surface area contributed by atoms with Crippen LogP contribution >= 0.6 is 0 Å². The lowest BCUT2D eigenvalue weighted by molar-refractivity contribution is -0.122. The van der Waals surface area contributed by atoms with E-state index in [9.17, 15) is 9.59 Å². The molecule has 0 saturated carbocycles. The Morgan fingerprint density at radius 1 is 1.06 bits per heavy atom. The highest BCUT2D eigenvalue weighted by molar-refractivity contribution is 5.79. The number of amides is 2. The number of rotatable bonds is 6. The highest BCUT2D eigenvalue weighted by Gasteiger charge is 2.12. The van der Waals surface area contributed by atoms with Gasteiger partial charge in [-0.2, -0.15) is 0 Å². The summed E-state index contributed by atoms with van der Waals surface area (Å²) in [7, 11) is 0. The summed E-state index contributed by atoms with van der Waals surface area (Å²) in [5.74, 6) is -1.03. The molecule has 0 spiro atoms. The number of para-hydroxylation sites is 1. The van der Waals surface area contributed by atoms with Crippen LogP contribution in [0.3, 0.4) is 0 Å². The summed E-state index contributed by atoms with van der Waals surface area (Å²) in [5, 5.41) is 0. The molecular formula is C11H16N4O2. The number of carbonyl (C=O) groups is 2. The van der Waals surface area contributed by atoms with E-state index in [-0.39, 0.29) is 13.1 Å². The van der Waals surface area contributed by atoms with Gasteiger partial charge < -0.3 is 17.2 Å². The number of primary amides is 2. The lowest BCUT2D eigenvalue weighted by Crippen LogP contribution is -2.39. The zero-order chi connectivity index (χ0) is 12.8. The number of nitrogen functional groups attached to an aromatic ring is 1. The third kappa shape index (κ3) is 4.52. The van der Waals surface area contributed by atoms with Gasteiger partial charge in [0.25, 0.3) is 0 Å². The molecule has 0 aliphatic heterocycles. The van der Waals surface area contributed by atoms with Crippen LogP contribution in [-0.4, -0.2) is 29.8 Å². The van der Waals surface area contributed by atoms with Gasteiger partial charge in [-0.05, 0) is 11.6 Å². The van der Waals surface area contributed by atoms with Crippen LogP contribution in [0.2, 0.25) is 0 Å². The van der Waals surface area contributed by atoms with Crippen LogP contribution in [0.25, 0.3) is 0 Å². The van der Waals surface area contributed by atoms with E-state index in [1.54, 1.807) is 11.0 Å². The van der Waals surface area contributed by atoms with Crippen molar-refractivity contribution in [3.05, 3.63) is 29.8 Å². The fraction of sp³-hybridized carbons (Fsp3) is 0.273. The number of hydrogen-bond acceptors (Lipinski definition) is 4. The molecule has 0 heterocycles. The Morgan fingerprint density at radius 2 is 1.59 bits per heavy atom. The molecule has 0 aliphatic carbocycles. The molecule has 2 amide bonds. The van der Waals surface area contributed by atoms with Gasteiger partial charge in [-0.3, -0.25) is 14.5 Å². The lowest BCUT2D eigenvalue weighted by atomic mass is 10.1. The number of hydrogen-bond donors (Lipinski definition) is 3. The summed E-state index contributed by atoms with van der Waals surface area (Å²) in [6.45, 7) is 0.299. The van der Waals surface area contributed by atoms with Gasteiger partial charge in [0.1, 0.15) is 0 Å². The molecule has 0 saturated heterocycles. The van der Waals surface area contributed by atoms with Gasteiger partial charge in [-0.25, -0.2) is 0 Å². The smallest absolute Gasteiger partial charge is 0.231 e. The Kier molecular flexibility index (Phi) is 4.47. The maximum absolute atomic E-state index is 10.9. The quantitative estimate of drug-likeness (QED) is 0.552. The van der Waals surface area contributed by atoms with Gasteiger partial charge in [0.15, 0.2) is 0 Å². The number of nitrogens with two attached hydrogens (primary N) is 3. The third-order valence-corrected chi connectivity index (χ3v) is 2.21. The topological polar surface area (TPSA) is 115 Å². The maximum Gasteiger partial charge on any atom is 0.231 e. The van der Waals surface area contributed by atoms with Crippen molar-refractivity contribution in [2.45, 2.75) is 6.54 Å². The Balaban J connectivity index is 2.75. The molecule has 0 atom stereocenters. The van der Waals surface area contributed by atoms with Gasteiger partial charge in [-0.1, -0.05) is 18.2 Å². The predicted octanol–water partition coefficient (Wildman–Crippen LogP) is -0.959. The Labute approximate surface area is 99.4 Å². The van der Waals surface area contributed by atoms with E-state index >= 15 is 0 Å². The normalized spacial score (nSPS) is 10.4. The van der Waals surface area contributed by atoms with Crippen molar-refractivity contribution in [1.82, 2.24) is 4.90 Å². The summed E-state index contributed by atoms with van der Waals surface area (Å²) in [6.07, 6.45) is 0. The fourth-order valence-corrected chi connectivity index (χ4v) is 1.53. The molecule has 6 heteroatoms. The second-order valence-electron chi connectivity index (χ2n) is 3.78. The minimum atomic E-state index is -0.513. The summed E-state index contributed by atoms with van der Waals surface area (Å²) in [6, 6.07) is 7.22. The summed E-state index contributed by atoms with van der Waals surface area (Å²) >= 11 is 0. The van der Waals surface area contributed by atoms with Gasteiger partial charge in [0, 0.05) is 12.2 Å². The molecule has 1 aromatic rings. The Hall–Kier alpha value is -2.08. The average Bonchev–Trinajstić information content (AvgIpc) is 2.19. The largest absolute Gasteiger partial charge is 0.398 e. The standard InChI is InChI=1S/C11H16N4O2/c12-9-4-2-1-3-8(9)5-15(6-10(13)16)7-11(14)17/h1-4H,5-7,12H2,(H2,13,16)(H2,14,17). The van der Waals surface area contributed by atoms with E-state index in [4.69, 9.17) is 17.2 Å². The van der Waals surface area contributed by atoms with E-state index in [2.05, 4.69) is 0 Å². The lowest BCUT2D eigenvalue weighted by Gasteiger charge is -2.19. The zero-order valence-electron chi connectivity index (χ0n) is 9.43. The van der Waals surface area contributed by atoms with E-state index < -0.39 is 11.8 Å². The van der Waals surface area contributed by atoms with Crippen LogP contribution in [-0.2, 0) is 16.1 Å². The highest BCUT2D eigenvalue weighted by atomic mass is 16.2. The number of benzene rings is 1. The number of carbonyl (C=O) groups excluding carboxylic acids is 2. The molecule has 0 aliphatic rings. The first-order valence-corrected chi connectivity index (χ1v) is 5.11. The Morgan fingerprint density at radius 3 is 2.06 bits per heavy atom. The molecule has 0 fully saturated rings. The van der Waals surface area contributed by atoms with Crippen molar-refractivity contribution >= 4 is 17.5 Å². The van der Waals surface area contributed by atoms with Crippen LogP contribution in [0, 0.1) is 0 Å². The molecule has 6 N–H and O–H groups in total. The third-order valence-electron chi connectivity index (χ3n) is 2.21. The SMILES string of the molecule is NC(=O)CN(CC(N)=O)Cc1ccccc1N. The van der Waals surface area contributed by atoms with Crippen LogP contribution < -0.4 is 17.2 Å². The van der Waals surface area contributed by atoms with Crippen LogP contribution in [0.15, 0.2) is 24.3 Å². The monoisotopic (exact) mass is 236 g/mol. The first-order valence-electron chi connectivity index (χ1n) is 5.11. The maximum atomic E-state index is 10.9. The molecule has 6 nitrogen and oxygen atoms in total. The molecular weight excluding hydrogens is 220 g/mol. The summed E-state index contributed by atoms with van der Waals surface area (Å²) in [4.78, 5) is 23.3. The van der Waals surface area contributed by atoms with Crippen LogP contribution in [0.4, 0.5) is 5.69 Å². The minimum absolute atomic E-state index is 0.0305. The molecule has 0 aromatic heterocycles. The van der Waals surface area contributed by atoms with Crippen molar-refractivity contribution < 1.29 is 9.59 Å². The molecule has 17 heavy (non-hydrogen) atoms. The van der Waals surface area contributed by atoms with Crippen molar-refractivity contribution in [3.8, 4) is 0 Å². The van der Waals surface area contributed by atoms with Gasteiger partial charge in [0.05, 0.1) is 13.1 Å². The zero-order valence-corrected chi connectivity index (χ0v) is 9.43. The van der Waals surface area contributed by atoms with Crippen molar-refractivity contribution in [3.63, 3.8) is 0 Å². The molecule has 1 rings (SSSR count). The predicted molar refractivity (Wildman–Crippen MR) is 64.5 cm³/mol. The molecule has 0 unspecified atom stereocenters. The number of nitrogens with zero attached hydrogens (tertiary/aromatic N) is 1. The van der Waals surface area contributed by atoms with E-state index in [1.165, 1.54) is 0 Å². The molecule has 92 valence electrons. The summed E-state index contributed by atoms with van der Waals surface area (Å²) < 4.78 is 0. The fourth-order valence-electron chi connectivity index (χ4n) is 1.53. The van der Waals surface area contributed by atoms with Crippen molar-refractivity contribution in [2.75, 3.05) is 18.8 Å². The first-order chi connectivity index (χ1) is 7.99. The van der Waals surface area contributed by atoms with Gasteiger partial charge >= 0.3 is 0 Å². The van der Waals surface area contributed by atoms with Crippen LogP contribution in [0.1, 0.15) is 5.56 Å². The molecule has 0 bridgehead atoms. The van der Waals surface area contributed by atoms with Gasteiger partial charge in [0.2, 0.25) is 11.8 Å². The van der Waals surface area contributed by atoms with Crippen LogP contribution in [0.5, 0.6) is 0 Å². The molecule has 1 aromatic carbocycles. The van der Waals surface area contributed by atoms with E-state index in [1.807, 2.05) is 18.2 Å². The highest BCUT2D eigenvalue weighted by Crippen LogP contribution is 2.12. The van der Waals surface area contributed by atoms with E-state index in [0.29, 0.717) is 12.2 Å². The van der Waals surface area contributed by atoms with E-state index in [0.717, 1.165) is 5.56 Å². The average molecular weight is 236 g/mol. The first kappa shape index (κ1) is 13.0. The van der Waals surface area contributed by atoms with Crippen molar-refractivity contribution in [2.24, 2.45) is 11.5 Å². The van der Waals surface area contributed by atoms with Crippen molar-refractivity contribution in [1.29, 1.82) is 0 Å².